The smallest absolute Gasteiger partial charge is 0.201 e. The minimum Gasteiger partial charge on any atom is -0.409 e. The first-order chi connectivity index (χ1) is 11.3. The van der Waals surface area contributed by atoms with E-state index >= 15 is 0 Å². The summed E-state index contributed by atoms with van der Waals surface area (Å²) < 4.78 is 12.2. The van der Waals surface area contributed by atoms with Gasteiger partial charge in [0.2, 0.25) is 8.32 Å². The third-order valence-corrected chi connectivity index (χ3v) is 18.7. The Balaban J connectivity index is 5.68. The highest BCUT2D eigenvalue weighted by atomic mass is 28.4. The van der Waals surface area contributed by atoms with Gasteiger partial charge >= 0.3 is 0 Å². The Morgan fingerprint density at radius 3 is 1.12 bits per heavy atom. The molecule has 0 fully saturated rings. The lowest BCUT2D eigenvalue weighted by Gasteiger charge is -2.44. The predicted molar refractivity (Wildman–Crippen MR) is 121 cm³/mol. The molecule has 0 radical (unpaired) electrons. The molecule has 2 nitrogen and oxygen atoms in total. The van der Waals surface area contributed by atoms with Crippen molar-refractivity contribution in [3.05, 3.63) is 0 Å². The standard InChI is InChI=1S/C21H47NOSi2/c1-15(2)24(16(3)4,17(5)6)22-14-21(13)23-25(18(7)8,19(9)10)20(11)12/h14-21H,1-13H3/b22-14+/t21-/m0/s1. The van der Waals surface area contributed by atoms with E-state index in [9.17, 15) is 0 Å². The molecule has 1 atom stereocenters. The third kappa shape index (κ3) is 5.29. The van der Waals surface area contributed by atoms with Crippen molar-refractivity contribution in [2.24, 2.45) is 4.66 Å². The van der Waals surface area contributed by atoms with Crippen molar-refractivity contribution in [1.29, 1.82) is 0 Å². The summed E-state index contributed by atoms with van der Waals surface area (Å²) in [4.78, 5) is 0. The quantitative estimate of drug-likeness (QED) is 0.277. The van der Waals surface area contributed by atoms with Crippen LogP contribution < -0.4 is 0 Å². The first kappa shape index (κ1) is 25.1. The summed E-state index contributed by atoms with van der Waals surface area (Å²) in [6, 6.07) is 0. The normalized spacial score (nSPS) is 15.8. The lowest BCUT2D eigenvalue weighted by molar-refractivity contribution is 0.253. The zero-order valence-corrected chi connectivity index (χ0v) is 21.5. The Labute approximate surface area is 161 Å². The lowest BCUT2D eigenvalue weighted by Crippen LogP contribution is -2.50. The molecule has 0 heterocycles. The third-order valence-electron chi connectivity index (χ3n) is 6.38. The SMILES string of the molecule is CC(C)[Si](/N=C/[C@H](C)O[Si](C(C)C)(C(C)C)C(C)C)(C(C)C)C(C)C. The maximum Gasteiger partial charge on any atom is 0.201 e. The van der Waals surface area contributed by atoms with Gasteiger partial charge in [0.25, 0.3) is 0 Å². The van der Waals surface area contributed by atoms with Crippen LogP contribution >= 0.6 is 0 Å². The average molecular weight is 386 g/mol. The van der Waals surface area contributed by atoms with Crippen molar-refractivity contribution in [2.75, 3.05) is 0 Å². The number of rotatable bonds is 10. The van der Waals surface area contributed by atoms with Crippen LogP contribution in [-0.2, 0) is 4.43 Å². The monoisotopic (exact) mass is 385 g/mol. The van der Waals surface area contributed by atoms with Gasteiger partial charge in [0.05, 0.1) is 6.10 Å². The van der Waals surface area contributed by atoms with Crippen molar-refractivity contribution in [2.45, 2.75) is 129 Å². The number of nitrogens with zero attached hydrogens (tertiary/aromatic N) is 1. The van der Waals surface area contributed by atoms with Crippen LogP contribution in [0.1, 0.15) is 90.0 Å². The fourth-order valence-corrected chi connectivity index (χ4v) is 16.3. The second-order valence-electron chi connectivity index (χ2n) is 9.77. The van der Waals surface area contributed by atoms with E-state index in [2.05, 4.69) is 96.2 Å². The highest BCUT2D eigenvalue weighted by Crippen LogP contribution is 2.44. The van der Waals surface area contributed by atoms with Crippen molar-refractivity contribution < 1.29 is 4.43 Å². The fraction of sp³-hybridized carbons (Fsp3) is 0.952. The maximum atomic E-state index is 6.87. The van der Waals surface area contributed by atoms with Crippen LogP contribution in [-0.4, -0.2) is 28.9 Å². The first-order valence-corrected chi connectivity index (χ1v) is 14.8. The molecule has 0 aromatic heterocycles. The van der Waals surface area contributed by atoms with Crippen molar-refractivity contribution in [3.63, 3.8) is 0 Å². The number of hydrogen-bond acceptors (Lipinski definition) is 2. The molecular weight excluding hydrogens is 338 g/mol. The summed E-state index contributed by atoms with van der Waals surface area (Å²) in [6.07, 6.45) is 2.29. The highest BCUT2D eigenvalue weighted by molar-refractivity contribution is 6.82. The molecule has 25 heavy (non-hydrogen) atoms. The van der Waals surface area contributed by atoms with E-state index in [1.54, 1.807) is 0 Å². The Morgan fingerprint density at radius 2 is 0.880 bits per heavy atom. The molecule has 0 bridgehead atoms. The molecule has 150 valence electrons. The van der Waals surface area contributed by atoms with Crippen LogP contribution in [0.2, 0.25) is 33.2 Å². The maximum absolute atomic E-state index is 6.87. The van der Waals surface area contributed by atoms with E-state index < -0.39 is 16.6 Å². The van der Waals surface area contributed by atoms with E-state index in [0.29, 0.717) is 33.2 Å². The van der Waals surface area contributed by atoms with Crippen LogP contribution in [0.5, 0.6) is 0 Å². The topological polar surface area (TPSA) is 21.6 Å². The molecule has 0 rings (SSSR count). The molecule has 0 saturated heterocycles. The van der Waals surface area contributed by atoms with E-state index in [-0.39, 0.29) is 6.10 Å². The van der Waals surface area contributed by atoms with Gasteiger partial charge in [-0.2, -0.15) is 0 Å². The van der Waals surface area contributed by atoms with Crippen molar-refractivity contribution >= 4 is 22.8 Å². The molecule has 0 saturated carbocycles. The average Bonchev–Trinajstić information content (AvgIpc) is 2.42. The van der Waals surface area contributed by atoms with E-state index in [1.165, 1.54) is 0 Å². The summed E-state index contributed by atoms with van der Waals surface area (Å²) >= 11 is 0. The zero-order chi connectivity index (χ0) is 20.2. The Hall–Kier alpha value is 0.0638. The van der Waals surface area contributed by atoms with E-state index in [0.717, 1.165) is 0 Å². The largest absolute Gasteiger partial charge is 0.409 e. The molecule has 0 aliphatic heterocycles. The van der Waals surface area contributed by atoms with Gasteiger partial charge in [0.15, 0.2) is 8.24 Å². The van der Waals surface area contributed by atoms with E-state index in [4.69, 9.17) is 9.08 Å². The van der Waals surface area contributed by atoms with Gasteiger partial charge in [0.1, 0.15) is 0 Å². The molecule has 0 spiro atoms. The number of hydrogen-bond donors (Lipinski definition) is 0. The summed E-state index contributed by atoms with van der Waals surface area (Å²) in [6.45, 7) is 30.5. The van der Waals surface area contributed by atoms with Gasteiger partial charge in [-0.05, 0) is 40.2 Å². The van der Waals surface area contributed by atoms with Gasteiger partial charge < -0.3 is 9.08 Å². The molecule has 0 unspecified atom stereocenters. The molecule has 0 aliphatic rings. The summed E-state index contributed by atoms with van der Waals surface area (Å²) in [5.74, 6) is 0. The van der Waals surface area contributed by atoms with Crippen molar-refractivity contribution in [1.82, 2.24) is 0 Å². The van der Waals surface area contributed by atoms with Gasteiger partial charge in [-0.1, -0.05) is 83.1 Å². The second kappa shape index (κ2) is 9.84. The zero-order valence-electron chi connectivity index (χ0n) is 19.5. The first-order valence-electron chi connectivity index (χ1n) is 10.5. The highest BCUT2D eigenvalue weighted by Gasteiger charge is 2.46. The van der Waals surface area contributed by atoms with Gasteiger partial charge in [0, 0.05) is 6.21 Å². The molecule has 0 aromatic carbocycles. The fourth-order valence-electron chi connectivity index (χ4n) is 5.44. The predicted octanol–water partition coefficient (Wildman–Crippen LogP) is 7.81. The Morgan fingerprint density at radius 1 is 0.560 bits per heavy atom. The minimum absolute atomic E-state index is 0.113. The molecule has 0 N–H and O–H groups in total. The van der Waals surface area contributed by atoms with Crippen LogP contribution in [0.3, 0.4) is 0 Å². The summed E-state index contributed by atoms with van der Waals surface area (Å²) in [7, 11) is -3.59. The van der Waals surface area contributed by atoms with Gasteiger partial charge in [-0.25, -0.2) is 0 Å². The van der Waals surface area contributed by atoms with Gasteiger partial charge in [-0.15, -0.1) is 0 Å². The van der Waals surface area contributed by atoms with E-state index in [1.807, 2.05) is 0 Å². The van der Waals surface area contributed by atoms with Crippen LogP contribution in [0.4, 0.5) is 0 Å². The summed E-state index contributed by atoms with van der Waals surface area (Å²) in [5.41, 5.74) is 3.80. The lowest BCUT2D eigenvalue weighted by atomic mass is 10.5. The van der Waals surface area contributed by atoms with Crippen LogP contribution in [0.15, 0.2) is 4.66 Å². The minimum atomic E-state index is -1.84. The Bertz CT molecular complexity index is 371. The van der Waals surface area contributed by atoms with Crippen LogP contribution in [0.25, 0.3) is 0 Å². The van der Waals surface area contributed by atoms with Gasteiger partial charge in [-0.3, -0.25) is 0 Å². The second-order valence-corrected chi connectivity index (χ2v) is 20.7. The molecule has 0 aromatic rings. The van der Waals surface area contributed by atoms with Crippen molar-refractivity contribution in [3.8, 4) is 0 Å². The van der Waals surface area contributed by atoms with Crippen LogP contribution in [0, 0.1) is 0 Å². The Kier molecular flexibility index (Phi) is 9.87. The molecular formula is C21H47NOSi2. The molecule has 0 amide bonds. The molecule has 4 heteroatoms. The molecule has 0 aliphatic carbocycles. The summed E-state index contributed by atoms with van der Waals surface area (Å²) in [5, 5.41) is 0.